The summed E-state index contributed by atoms with van der Waals surface area (Å²) in [5.74, 6) is -0.158. The highest BCUT2D eigenvalue weighted by Gasteiger charge is 2.14. The Morgan fingerprint density at radius 3 is 2.48 bits per heavy atom. The molecular formula is C18H19NO4. The molecule has 2 rings (SSSR count). The maximum Gasteiger partial charge on any atom is 0.340 e. The predicted octanol–water partition coefficient (Wildman–Crippen LogP) is 3.19. The molecule has 5 heteroatoms. The zero-order valence-corrected chi connectivity index (χ0v) is 13.2. The number of anilines is 1. The fourth-order valence-electron chi connectivity index (χ4n) is 2.03. The Morgan fingerprint density at radius 2 is 1.74 bits per heavy atom. The molecule has 1 N–H and O–H groups in total. The van der Waals surface area contributed by atoms with Crippen LogP contribution in [0, 0.1) is 6.92 Å². The molecule has 2 aromatic carbocycles. The molecule has 0 fully saturated rings. The van der Waals surface area contributed by atoms with E-state index in [1.54, 1.807) is 37.3 Å². The van der Waals surface area contributed by atoms with E-state index in [1.807, 2.05) is 25.1 Å². The van der Waals surface area contributed by atoms with Crippen molar-refractivity contribution in [3.8, 4) is 5.75 Å². The number of para-hydroxylation sites is 2. The van der Waals surface area contributed by atoms with Gasteiger partial charge in [-0.15, -0.1) is 0 Å². The molecule has 120 valence electrons. The van der Waals surface area contributed by atoms with Gasteiger partial charge in [-0.3, -0.25) is 4.79 Å². The van der Waals surface area contributed by atoms with Crippen LogP contribution in [0.25, 0.3) is 0 Å². The van der Waals surface area contributed by atoms with Crippen molar-refractivity contribution in [1.82, 2.24) is 0 Å². The van der Waals surface area contributed by atoms with Crippen molar-refractivity contribution in [2.75, 3.05) is 18.5 Å². The van der Waals surface area contributed by atoms with Gasteiger partial charge in [-0.2, -0.15) is 0 Å². The number of amides is 1. The van der Waals surface area contributed by atoms with Crippen LogP contribution >= 0.6 is 0 Å². The van der Waals surface area contributed by atoms with E-state index in [-0.39, 0.29) is 19.1 Å². The Bertz CT molecular complexity index is 697. The Kier molecular flexibility index (Phi) is 5.74. The van der Waals surface area contributed by atoms with Crippen LogP contribution in [0.2, 0.25) is 0 Å². The summed E-state index contributed by atoms with van der Waals surface area (Å²) in [4.78, 5) is 23.9. The fraction of sp³-hybridized carbons (Fsp3) is 0.222. The van der Waals surface area contributed by atoms with E-state index >= 15 is 0 Å². The standard InChI is InChI=1S/C18H19NO4/c1-3-22-18(21)14-9-5-6-10-15(14)19-17(20)12-23-16-11-7-4-8-13(16)2/h4-11H,3,12H2,1-2H3,(H,19,20). The first-order valence-electron chi connectivity index (χ1n) is 7.36. The molecule has 0 aliphatic rings. The molecule has 0 aliphatic carbocycles. The first-order valence-corrected chi connectivity index (χ1v) is 7.36. The molecule has 0 unspecified atom stereocenters. The Hall–Kier alpha value is -2.82. The first-order chi connectivity index (χ1) is 11.1. The number of hydrogen-bond acceptors (Lipinski definition) is 4. The number of aryl methyl sites for hydroxylation is 1. The van der Waals surface area contributed by atoms with Crippen LogP contribution in [0.15, 0.2) is 48.5 Å². The van der Waals surface area contributed by atoms with Crippen LogP contribution in [-0.2, 0) is 9.53 Å². The number of carbonyl (C=O) groups is 2. The summed E-state index contributed by atoms with van der Waals surface area (Å²) in [6, 6.07) is 14.2. The predicted molar refractivity (Wildman–Crippen MR) is 87.7 cm³/mol. The topological polar surface area (TPSA) is 64.6 Å². The van der Waals surface area contributed by atoms with E-state index in [2.05, 4.69) is 5.32 Å². The summed E-state index contributed by atoms with van der Waals surface area (Å²) in [6.45, 7) is 3.78. The summed E-state index contributed by atoms with van der Waals surface area (Å²) in [5, 5.41) is 2.67. The van der Waals surface area contributed by atoms with Gasteiger partial charge in [0.25, 0.3) is 5.91 Å². The SMILES string of the molecule is CCOC(=O)c1ccccc1NC(=O)COc1ccccc1C. The lowest BCUT2D eigenvalue weighted by Crippen LogP contribution is -2.22. The average molecular weight is 313 g/mol. The van der Waals surface area contributed by atoms with Gasteiger partial charge >= 0.3 is 5.97 Å². The Morgan fingerprint density at radius 1 is 1.04 bits per heavy atom. The largest absolute Gasteiger partial charge is 0.483 e. The molecule has 0 saturated carbocycles. The minimum atomic E-state index is -0.469. The normalized spacial score (nSPS) is 10.0. The number of hydrogen-bond donors (Lipinski definition) is 1. The van der Waals surface area contributed by atoms with E-state index in [1.165, 1.54) is 0 Å². The number of carbonyl (C=O) groups excluding carboxylic acids is 2. The molecule has 0 saturated heterocycles. The number of nitrogens with one attached hydrogen (secondary N) is 1. The lowest BCUT2D eigenvalue weighted by Gasteiger charge is -2.11. The average Bonchev–Trinajstić information content (AvgIpc) is 2.55. The monoisotopic (exact) mass is 313 g/mol. The molecule has 0 spiro atoms. The van der Waals surface area contributed by atoms with Crippen molar-refractivity contribution >= 4 is 17.6 Å². The van der Waals surface area contributed by atoms with Crippen molar-refractivity contribution < 1.29 is 19.1 Å². The number of rotatable bonds is 6. The van der Waals surface area contributed by atoms with E-state index in [0.29, 0.717) is 17.0 Å². The minimum Gasteiger partial charge on any atom is -0.483 e. The van der Waals surface area contributed by atoms with Crippen LogP contribution in [0.1, 0.15) is 22.8 Å². The second-order valence-corrected chi connectivity index (χ2v) is 4.87. The molecule has 0 aliphatic heterocycles. The van der Waals surface area contributed by atoms with Crippen LogP contribution in [-0.4, -0.2) is 25.1 Å². The number of benzene rings is 2. The highest BCUT2D eigenvalue weighted by atomic mass is 16.5. The maximum absolute atomic E-state index is 12.0. The second kappa shape index (κ2) is 7.98. The van der Waals surface area contributed by atoms with E-state index in [0.717, 1.165) is 5.56 Å². The van der Waals surface area contributed by atoms with Crippen LogP contribution in [0.4, 0.5) is 5.69 Å². The zero-order valence-electron chi connectivity index (χ0n) is 13.2. The molecule has 0 radical (unpaired) electrons. The van der Waals surface area contributed by atoms with E-state index in [4.69, 9.17) is 9.47 Å². The molecule has 1 amide bonds. The summed E-state index contributed by atoms with van der Waals surface area (Å²) < 4.78 is 10.5. The fourth-order valence-corrected chi connectivity index (χ4v) is 2.03. The Labute approximate surface area is 135 Å². The molecule has 23 heavy (non-hydrogen) atoms. The minimum absolute atomic E-state index is 0.137. The molecule has 0 atom stereocenters. The lowest BCUT2D eigenvalue weighted by molar-refractivity contribution is -0.118. The van der Waals surface area contributed by atoms with Crippen molar-refractivity contribution in [2.24, 2.45) is 0 Å². The third-order valence-corrected chi connectivity index (χ3v) is 3.15. The highest BCUT2D eigenvalue weighted by Crippen LogP contribution is 2.18. The van der Waals surface area contributed by atoms with Gasteiger partial charge in [0.2, 0.25) is 0 Å². The van der Waals surface area contributed by atoms with Gasteiger partial charge in [0, 0.05) is 0 Å². The smallest absolute Gasteiger partial charge is 0.340 e. The number of esters is 1. The van der Waals surface area contributed by atoms with Crippen LogP contribution in [0.3, 0.4) is 0 Å². The van der Waals surface area contributed by atoms with Crippen molar-refractivity contribution in [1.29, 1.82) is 0 Å². The quantitative estimate of drug-likeness (QED) is 0.832. The molecule has 2 aromatic rings. The molecular weight excluding hydrogens is 294 g/mol. The van der Waals surface area contributed by atoms with Gasteiger partial charge in [0.15, 0.2) is 6.61 Å². The van der Waals surface area contributed by atoms with Gasteiger partial charge in [-0.05, 0) is 37.6 Å². The lowest BCUT2D eigenvalue weighted by atomic mass is 10.2. The van der Waals surface area contributed by atoms with Gasteiger partial charge in [-0.1, -0.05) is 30.3 Å². The van der Waals surface area contributed by atoms with Gasteiger partial charge in [0.05, 0.1) is 17.9 Å². The van der Waals surface area contributed by atoms with Crippen LogP contribution in [0.5, 0.6) is 5.75 Å². The third-order valence-electron chi connectivity index (χ3n) is 3.15. The Balaban J connectivity index is 2.01. The van der Waals surface area contributed by atoms with Crippen molar-refractivity contribution in [3.63, 3.8) is 0 Å². The first kappa shape index (κ1) is 16.5. The molecule has 0 aromatic heterocycles. The van der Waals surface area contributed by atoms with Crippen LogP contribution < -0.4 is 10.1 Å². The summed E-state index contributed by atoms with van der Waals surface area (Å²) in [5.41, 5.74) is 1.68. The zero-order chi connectivity index (χ0) is 16.7. The highest BCUT2D eigenvalue weighted by molar-refractivity contribution is 6.01. The van der Waals surface area contributed by atoms with Gasteiger partial charge in [0.1, 0.15) is 5.75 Å². The summed E-state index contributed by atoms with van der Waals surface area (Å²) in [7, 11) is 0. The molecule has 5 nitrogen and oxygen atoms in total. The van der Waals surface area contributed by atoms with Crippen molar-refractivity contribution in [3.05, 3.63) is 59.7 Å². The summed E-state index contributed by atoms with van der Waals surface area (Å²) >= 11 is 0. The van der Waals surface area contributed by atoms with E-state index < -0.39 is 5.97 Å². The van der Waals surface area contributed by atoms with Gasteiger partial charge < -0.3 is 14.8 Å². The number of ether oxygens (including phenoxy) is 2. The third kappa shape index (κ3) is 4.57. The maximum atomic E-state index is 12.0. The molecule has 0 heterocycles. The summed E-state index contributed by atoms with van der Waals surface area (Å²) in [6.07, 6.45) is 0. The second-order valence-electron chi connectivity index (χ2n) is 4.87. The van der Waals surface area contributed by atoms with Crippen molar-refractivity contribution in [2.45, 2.75) is 13.8 Å². The van der Waals surface area contributed by atoms with Gasteiger partial charge in [-0.25, -0.2) is 4.79 Å². The molecule has 0 bridgehead atoms. The van der Waals surface area contributed by atoms with E-state index in [9.17, 15) is 9.59 Å².